The highest BCUT2D eigenvalue weighted by molar-refractivity contribution is 6.52. The Morgan fingerprint density at radius 1 is 1.58 bits per heavy atom. The van der Waals surface area contributed by atoms with Gasteiger partial charge in [0.25, 0.3) is 0 Å². The molecule has 2 unspecified atom stereocenters. The van der Waals surface area contributed by atoms with Gasteiger partial charge in [-0.15, -0.1) is 11.6 Å². The average Bonchev–Trinajstić information content (AvgIpc) is 2.92. The molecule has 8 heteroatoms. The first-order valence-corrected chi connectivity index (χ1v) is 7.11. The Morgan fingerprint density at radius 2 is 2.21 bits per heavy atom. The molecule has 1 aromatic heterocycles. The zero-order valence-electron chi connectivity index (χ0n) is 10.3. The number of carbonyl (C=O) groups is 1. The molecular weight excluding hydrogens is 312 g/mol. The molecule has 2 atom stereocenters. The molecule has 0 aromatic carbocycles. The Labute approximate surface area is 125 Å². The lowest BCUT2D eigenvalue weighted by Crippen LogP contribution is -2.45. The van der Waals surface area contributed by atoms with Gasteiger partial charge in [-0.05, 0) is 12.8 Å². The number of alkyl halides is 3. The first kappa shape index (κ1) is 15.0. The second kappa shape index (κ2) is 5.20. The van der Waals surface area contributed by atoms with Gasteiger partial charge in [0.1, 0.15) is 24.8 Å². The molecule has 0 radical (unpaired) electrons. The number of aromatic nitrogens is 3. The number of carbonyl (C=O) groups excluding carboxylic acids is 1. The van der Waals surface area contributed by atoms with Crippen LogP contribution in [0.2, 0.25) is 0 Å². The third-order valence-electron chi connectivity index (χ3n) is 3.50. The first-order chi connectivity index (χ1) is 8.82. The van der Waals surface area contributed by atoms with Crippen molar-refractivity contribution in [3.63, 3.8) is 0 Å². The lowest BCUT2D eigenvalue weighted by molar-refractivity contribution is -0.130. The van der Waals surface area contributed by atoms with Crippen molar-refractivity contribution in [3.05, 3.63) is 12.7 Å². The molecule has 0 amide bonds. The normalized spacial score (nSPS) is 20.9. The van der Waals surface area contributed by atoms with Gasteiger partial charge in [0, 0.05) is 5.41 Å². The molecule has 1 heterocycles. The Morgan fingerprint density at radius 3 is 2.63 bits per heavy atom. The summed E-state index contributed by atoms with van der Waals surface area (Å²) in [6.07, 6.45) is 2.84. The maximum atomic E-state index is 12.5. The lowest BCUT2D eigenvalue weighted by Gasteiger charge is -2.31. The lowest BCUT2D eigenvalue weighted by atomic mass is 9.92. The van der Waals surface area contributed by atoms with Gasteiger partial charge < -0.3 is 5.11 Å². The standard InChI is InChI=1S/C11H14Cl3N3O2/c1-10(2-3-10)8(18)7(17-6-15-5-16-17)9(19)11(13,14)4-12/h5-7,9,19H,2-4H2,1H3. The summed E-state index contributed by atoms with van der Waals surface area (Å²) in [6, 6.07) is -0.983. The number of ketones is 1. The topological polar surface area (TPSA) is 68.0 Å². The van der Waals surface area contributed by atoms with Crippen molar-refractivity contribution in [1.82, 2.24) is 14.8 Å². The fourth-order valence-corrected chi connectivity index (χ4v) is 2.27. The molecule has 0 aliphatic heterocycles. The van der Waals surface area contributed by atoms with Crippen LogP contribution in [0.1, 0.15) is 25.8 Å². The molecule has 2 rings (SSSR count). The summed E-state index contributed by atoms with van der Waals surface area (Å²) >= 11 is 17.6. The van der Waals surface area contributed by atoms with Crippen molar-refractivity contribution in [2.24, 2.45) is 5.41 Å². The van der Waals surface area contributed by atoms with Gasteiger partial charge in [-0.2, -0.15) is 5.10 Å². The number of hydrogen-bond donors (Lipinski definition) is 1. The van der Waals surface area contributed by atoms with E-state index in [4.69, 9.17) is 34.8 Å². The zero-order valence-corrected chi connectivity index (χ0v) is 12.5. The molecule has 1 fully saturated rings. The minimum absolute atomic E-state index is 0.152. The fraction of sp³-hybridized carbons (Fsp3) is 0.727. The average molecular weight is 327 g/mol. The van der Waals surface area contributed by atoms with Crippen LogP contribution in [0.5, 0.6) is 0 Å². The van der Waals surface area contributed by atoms with Crippen molar-refractivity contribution in [1.29, 1.82) is 0 Å². The van der Waals surface area contributed by atoms with Crippen LogP contribution in [0.3, 0.4) is 0 Å². The summed E-state index contributed by atoms with van der Waals surface area (Å²) in [7, 11) is 0. The van der Waals surface area contributed by atoms with E-state index in [1.807, 2.05) is 6.92 Å². The van der Waals surface area contributed by atoms with Crippen molar-refractivity contribution < 1.29 is 9.90 Å². The van der Waals surface area contributed by atoms with Crippen molar-refractivity contribution >= 4 is 40.6 Å². The van der Waals surface area contributed by atoms with Gasteiger partial charge in [-0.3, -0.25) is 4.79 Å². The van der Waals surface area contributed by atoms with Crippen LogP contribution in [0.4, 0.5) is 0 Å². The number of aliphatic hydroxyl groups excluding tert-OH is 1. The van der Waals surface area contributed by atoms with Gasteiger partial charge in [0.2, 0.25) is 0 Å². The number of aliphatic hydroxyl groups is 1. The van der Waals surface area contributed by atoms with E-state index in [1.54, 1.807) is 0 Å². The van der Waals surface area contributed by atoms with Crippen LogP contribution >= 0.6 is 34.8 Å². The summed E-state index contributed by atoms with van der Waals surface area (Å²) in [6.45, 7) is 1.84. The van der Waals surface area contributed by atoms with E-state index in [1.165, 1.54) is 17.3 Å². The van der Waals surface area contributed by atoms with Crippen LogP contribution in [-0.4, -0.2) is 42.0 Å². The zero-order chi connectivity index (χ0) is 14.3. The van der Waals surface area contributed by atoms with Crippen molar-refractivity contribution in [2.45, 2.75) is 36.2 Å². The molecule has 1 aliphatic carbocycles. The Hall–Kier alpha value is -0.360. The predicted octanol–water partition coefficient (Wildman–Crippen LogP) is 1.96. The highest BCUT2D eigenvalue weighted by Crippen LogP contribution is 2.49. The largest absolute Gasteiger partial charge is 0.387 e. The molecule has 0 saturated heterocycles. The number of halogens is 3. The third-order valence-corrected chi connectivity index (χ3v) is 4.90. The second-order valence-corrected chi connectivity index (χ2v) is 6.89. The molecule has 0 bridgehead atoms. The summed E-state index contributed by atoms with van der Waals surface area (Å²) in [5, 5.41) is 14.2. The van der Waals surface area contributed by atoms with Gasteiger partial charge in [0.05, 0.1) is 5.88 Å². The minimum Gasteiger partial charge on any atom is -0.387 e. The van der Waals surface area contributed by atoms with E-state index in [2.05, 4.69) is 10.1 Å². The van der Waals surface area contributed by atoms with Crippen LogP contribution in [-0.2, 0) is 4.79 Å². The SMILES string of the molecule is CC1(C(=O)C(C(O)C(Cl)(Cl)CCl)n2cncn2)CC1. The molecule has 1 aromatic rings. The first-order valence-electron chi connectivity index (χ1n) is 5.82. The fourth-order valence-electron chi connectivity index (χ4n) is 1.87. The maximum Gasteiger partial charge on any atom is 0.166 e. The summed E-state index contributed by atoms with van der Waals surface area (Å²) in [5.41, 5.74) is -0.451. The quantitative estimate of drug-likeness (QED) is 0.812. The minimum atomic E-state index is -1.63. The number of rotatable bonds is 6. The molecule has 0 spiro atoms. The third kappa shape index (κ3) is 2.89. The van der Waals surface area contributed by atoms with Gasteiger partial charge in [0.15, 0.2) is 10.1 Å². The second-order valence-electron chi connectivity index (χ2n) is 5.08. The number of nitrogens with zero attached hydrogens (tertiary/aromatic N) is 3. The highest BCUT2D eigenvalue weighted by Gasteiger charge is 2.53. The van der Waals surface area contributed by atoms with Crippen LogP contribution in [0.25, 0.3) is 0 Å². The van der Waals surface area contributed by atoms with Gasteiger partial charge in [-0.25, -0.2) is 9.67 Å². The van der Waals surface area contributed by atoms with Gasteiger partial charge >= 0.3 is 0 Å². The van der Waals surface area contributed by atoms with E-state index in [0.717, 1.165) is 12.8 Å². The Bertz CT molecular complexity index is 460. The molecule has 1 N–H and O–H groups in total. The van der Waals surface area contributed by atoms with Gasteiger partial charge in [-0.1, -0.05) is 30.1 Å². The van der Waals surface area contributed by atoms with Crippen molar-refractivity contribution in [2.75, 3.05) is 5.88 Å². The molecule has 1 saturated carbocycles. The van der Waals surface area contributed by atoms with Crippen LogP contribution in [0.15, 0.2) is 12.7 Å². The molecule has 1 aliphatic rings. The van der Waals surface area contributed by atoms with Crippen LogP contribution < -0.4 is 0 Å². The van der Waals surface area contributed by atoms with Crippen molar-refractivity contribution in [3.8, 4) is 0 Å². The molecular formula is C11H14Cl3N3O2. The maximum absolute atomic E-state index is 12.5. The predicted molar refractivity (Wildman–Crippen MR) is 72.6 cm³/mol. The summed E-state index contributed by atoms with van der Waals surface area (Å²) in [4.78, 5) is 16.3. The van der Waals surface area contributed by atoms with Crippen LogP contribution in [0, 0.1) is 5.41 Å². The molecule has 5 nitrogen and oxygen atoms in total. The summed E-state index contributed by atoms with van der Waals surface area (Å²) < 4.78 is -0.346. The molecule has 19 heavy (non-hydrogen) atoms. The van der Waals surface area contributed by atoms with E-state index >= 15 is 0 Å². The highest BCUT2D eigenvalue weighted by atomic mass is 35.5. The van der Waals surface area contributed by atoms with E-state index in [-0.39, 0.29) is 11.7 Å². The van der Waals surface area contributed by atoms with E-state index < -0.39 is 21.9 Å². The number of Topliss-reactive ketones (excluding diaryl/α,β-unsaturated/α-hetero) is 1. The Kier molecular flexibility index (Phi) is 4.12. The number of hydrogen-bond acceptors (Lipinski definition) is 4. The monoisotopic (exact) mass is 325 g/mol. The van der Waals surface area contributed by atoms with E-state index in [9.17, 15) is 9.90 Å². The smallest absolute Gasteiger partial charge is 0.166 e. The Balaban J connectivity index is 2.33. The summed E-state index contributed by atoms with van der Waals surface area (Å²) in [5.74, 6) is -0.353. The van der Waals surface area contributed by atoms with E-state index in [0.29, 0.717) is 0 Å². The molecule has 106 valence electrons.